The summed E-state index contributed by atoms with van der Waals surface area (Å²) in [6, 6.07) is 11.8. The molecule has 0 saturated carbocycles. The summed E-state index contributed by atoms with van der Waals surface area (Å²) >= 11 is 0. The molecule has 3 heteroatoms. The highest BCUT2D eigenvalue weighted by atomic mass is 16.5. The summed E-state index contributed by atoms with van der Waals surface area (Å²) < 4.78 is 5.11. The highest BCUT2D eigenvalue weighted by Crippen LogP contribution is 2.13. The fourth-order valence-corrected chi connectivity index (χ4v) is 2.03. The van der Waals surface area contributed by atoms with Crippen LogP contribution in [0.15, 0.2) is 48.8 Å². The van der Waals surface area contributed by atoms with Crippen LogP contribution in [0.2, 0.25) is 0 Å². The number of ketones is 1. The van der Waals surface area contributed by atoms with E-state index in [1.54, 1.807) is 13.3 Å². The molecule has 0 radical (unpaired) electrons. The van der Waals surface area contributed by atoms with Gasteiger partial charge in [-0.15, -0.1) is 0 Å². The minimum Gasteiger partial charge on any atom is -0.497 e. The Hall–Kier alpha value is -2.16. The van der Waals surface area contributed by atoms with E-state index in [0.29, 0.717) is 18.6 Å². The molecule has 0 saturated heterocycles. The van der Waals surface area contributed by atoms with Gasteiger partial charge in [0.05, 0.1) is 7.11 Å². The van der Waals surface area contributed by atoms with Crippen molar-refractivity contribution in [2.24, 2.45) is 0 Å². The molecule has 0 atom stereocenters. The highest BCUT2D eigenvalue weighted by molar-refractivity contribution is 5.78. The molecule has 0 bridgehead atoms. The van der Waals surface area contributed by atoms with Crippen LogP contribution in [0.4, 0.5) is 0 Å². The molecule has 1 aromatic heterocycles. The Bertz CT molecular complexity index is 535. The van der Waals surface area contributed by atoms with Crippen molar-refractivity contribution in [1.82, 2.24) is 4.98 Å². The Balaban J connectivity index is 1.74. The van der Waals surface area contributed by atoms with Crippen LogP contribution < -0.4 is 4.74 Å². The Labute approximate surface area is 119 Å². The number of methoxy groups -OCH3 is 1. The summed E-state index contributed by atoms with van der Waals surface area (Å²) in [4.78, 5) is 15.9. The quantitative estimate of drug-likeness (QED) is 0.774. The van der Waals surface area contributed by atoms with Gasteiger partial charge in [0.2, 0.25) is 0 Å². The summed E-state index contributed by atoms with van der Waals surface area (Å²) in [6.45, 7) is 0. The lowest BCUT2D eigenvalue weighted by atomic mass is 10.0. The minimum atomic E-state index is 0.296. The molecule has 0 N–H and O–H groups in total. The van der Waals surface area contributed by atoms with Gasteiger partial charge in [-0.2, -0.15) is 0 Å². The van der Waals surface area contributed by atoms with Gasteiger partial charge >= 0.3 is 0 Å². The van der Waals surface area contributed by atoms with E-state index >= 15 is 0 Å². The van der Waals surface area contributed by atoms with Gasteiger partial charge in [-0.25, -0.2) is 0 Å². The van der Waals surface area contributed by atoms with E-state index in [2.05, 4.69) is 4.98 Å². The molecular formula is C17H19NO2. The van der Waals surface area contributed by atoms with E-state index in [-0.39, 0.29) is 0 Å². The van der Waals surface area contributed by atoms with Crippen molar-refractivity contribution in [1.29, 1.82) is 0 Å². The summed E-state index contributed by atoms with van der Waals surface area (Å²) in [6.07, 6.45) is 6.30. The third kappa shape index (κ3) is 4.50. The van der Waals surface area contributed by atoms with Crippen LogP contribution in [0.25, 0.3) is 0 Å². The fraction of sp³-hybridized carbons (Fsp3) is 0.294. The summed E-state index contributed by atoms with van der Waals surface area (Å²) in [5.41, 5.74) is 2.28. The minimum absolute atomic E-state index is 0.296. The average Bonchev–Trinajstić information content (AvgIpc) is 2.52. The van der Waals surface area contributed by atoms with E-state index in [9.17, 15) is 4.79 Å². The van der Waals surface area contributed by atoms with Crippen LogP contribution >= 0.6 is 0 Å². The Kier molecular flexibility index (Phi) is 5.30. The van der Waals surface area contributed by atoms with Gasteiger partial charge in [0.1, 0.15) is 11.5 Å². The van der Waals surface area contributed by atoms with Gasteiger partial charge in [0, 0.05) is 25.2 Å². The fourth-order valence-electron chi connectivity index (χ4n) is 2.03. The van der Waals surface area contributed by atoms with Crippen LogP contribution in [0.3, 0.4) is 0 Å². The number of pyridine rings is 1. The zero-order valence-electron chi connectivity index (χ0n) is 11.7. The maximum atomic E-state index is 11.9. The van der Waals surface area contributed by atoms with Crippen molar-refractivity contribution < 1.29 is 9.53 Å². The van der Waals surface area contributed by atoms with Crippen molar-refractivity contribution in [2.75, 3.05) is 7.11 Å². The molecule has 20 heavy (non-hydrogen) atoms. The zero-order valence-corrected chi connectivity index (χ0v) is 11.7. The average molecular weight is 269 g/mol. The summed E-state index contributed by atoms with van der Waals surface area (Å²) in [7, 11) is 1.65. The number of aromatic nitrogens is 1. The number of carbonyl (C=O) groups is 1. The van der Waals surface area contributed by atoms with Gasteiger partial charge in [-0.1, -0.05) is 18.2 Å². The summed E-state index contributed by atoms with van der Waals surface area (Å²) in [5, 5.41) is 0. The van der Waals surface area contributed by atoms with Crippen LogP contribution in [-0.2, 0) is 17.6 Å². The van der Waals surface area contributed by atoms with Crippen molar-refractivity contribution in [2.45, 2.75) is 25.7 Å². The maximum absolute atomic E-state index is 11.9. The molecule has 2 rings (SSSR count). The largest absolute Gasteiger partial charge is 0.497 e. The van der Waals surface area contributed by atoms with Gasteiger partial charge < -0.3 is 4.74 Å². The zero-order chi connectivity index (χ0) is 14.2. The molecule has 0 fully saturated rings. The van der Waals surface area contributed by atoms with Crippen LogP contribution in [-0.4, -0.2) is 17.9 Å². The molecule has 0 amide bonds. The number of carbonyl (C=O) groups excluding carboxylic acids is 1. The number of Topliss-reactive ketones (excluding diaryl/α,β-unsaturated/α-hetero) is 1. The van der Waals surface area contributed by atoms with Gasteiger partial charge in [0.25, 0.3) is 0 Å². The molecule has 104 valence electrons. The van der Waals surface area contributed by atoms with E-state index in [4.69, 9.17) is 4.74 Å². The van der Waals surface area contributed by atoms with Crippen molar-refractivity contribution >= 4 is 5.78 Å². The van der Waals surface area contributed by atoms with E-state index in [0.717, 1.165) is 24.2 Å². The molecule has 3 nitrogen and oxygen atoms in total. The molecule has 0 aliphatic heterocycles. The first-order valence-electron chi connectivity index (χ1n) is 6.81. The predicted octanol–water partition coefficient (Wildman–Crippen LogP) is 3.22. The second-order valence-corrected chi connectivity index (χ2v) is 4.75. The van der Waals surface area contributed by atoms with Gasteiger partial charge in [-0.05, 0) is 42.2 Å². The van der Waals surface area contributed by atoms with Crippen LogP contribution in [0.1, 0.15) is 24.0 Å². The first kappa shape index (κ1) is 14.3. The topological polar surface area (TPSA) is 39.2 Å². The highest BCUT2D eigenvalue weighted by Gasteiger charge is 2.04. The van der Waals surface area contributed by atoms with Crippen molar-refractivity contribution in [3.05, 3.63) is 59.9 Å². The molecule has 2 aromatic rings. The van der Waals surface area contributed by atoms with Crippen LogP contribution in [0.5, 0.6) is 5.75 Å². The third-order valence-corrected chi connectivity index (χ3v) is 3.27. The molecule has 1 heterocycles. The first-order valence-corrected chi connectivity index (χ1v) is 6.81. The van der Waals surface area contributed by atoms with Crippen molar-refractivity contribution in [3.8, 4) is 5.75 Å². The lowest BCUT2D eigenvalue weighted by molar-refractivity contribution is -0.119. The molecule has 0 spiro atoms. The van der Waals surface area contributed by atoms with E-state index < -0.39 is 0 Å². The lowest BCUT2D eigenvalue weighted by Crippen LogP contribution is -2.02. The van der Waals surface area contributed by atoms with Crippen LogP contribution in [0, 0.1) is 0 Å². The lowest BCUT2D eigenvalue weighted by Gasteiger charge is -2.04. The second kappa shape index (κ2) is 7.43. The SMILES string of the molecule is COc1ccc(CCC(=O)CCc2cccnc2)cc1. The Morgan fingerprint density at radius 1 is 1.05 bits per heavy atom. The number of hydrogen-bond donors (Lipinski definition) is 0. The van der Waals surface area contributed by atoms with E-state index in [1.807, 2.05) is 42.6 Å². The van der Waals surface area contributed by atoms with Crippen molar-refractivity contribution in [3.63, 3.8) is 0 Å². The first-order chi connectivity index (χ1) is 9.78. The Morgan fingerprint density at radius 2 is 1.75 bits per heavy atom. The molecule has 0 unspecified atom stereocenters. The monoisotopic (exact) mass is 269 g/mol. The smallest absolute Gasteiger partial charge is 0.133 e. The van der Waals surface area contributed by atoms with E-state index in [1.165, 1.54) is 5.56 Å². The third-order valence-electron chi connectivity index (χ3n) is 3.27. The number of rotatable bonds is 7. The molecule has 0 aliphatic carbocycles. The predicted molar refractivity (Wildman–Crippen MR) is 78.9 cm³/mol. The maximum Gasteiger partial charge on any atom is 0.133 e. The number of aryl methyl sites for hydroxylation is 2. The molecule has 1 aromatic carbocycles. The van der Waals surface area contributed by atoms with Gasteiger partial charge in [0.15, 0.2) is 0 Å². The number of nitrogens with zero attached hydrogens (tertiary/aromatic N) is 1. The molecular weight excluding hydrogens is 250 g/mol. The summed E-state index contributed by atoms with van der Waals surface area (Å²) in [5.74, 6) is 1.14. The number of hydrogen-bond acceptors (Lipinski definition) is 3. The number of ether oxygens (including phenoxy) is 1. The number of benzene rings is 1. The standard InChI is InChI=1S/C17H19NO2/c1-20-17-10-6-14(7-11-17)4-8-16(19)9-5-15-3-2-12-18-13-15/h2-3,6-7,10-13H,4-5,8-9H2,1H3. The van der Waals surface area contributed by atoms with Gasteiger partial charge in [-0.3, -0.25) is 9.78 Å². The normalized spacial score (nSPS) is 10.2. The molecule has 0 aliphatic rings. The Morgan fingerprint density at radius 3 is 2.35 bits per heavy atom. The second-order valence-electron chi connectivity index (χ2n) is 4.75.